The Morgan fingerprint density at radius 3 is 2.50 bits per heavy atom. The Balaban J connectivity index is 2.09. The molecule has 3 N–H and O–H groups in total. The molecule has 0 atom stereocenters. The minimum absolute atomic E-state index is 0.00926. The first-order valence-corrected chi connectivity index (χ1v) is 7.46. The van der Waals surface area contributed by atoms with E-state index >= 15 is 0 Å². The van der Waals surface area contributed by atoms with Gasteiger partial charge in [-0.3, -0.25) is 4.79 Å². The van der Waals surface area contributed by atoms with Crippen molar-refractivity contribution in [2.45, 2.75) is 26.7 Å². The normalized spacial score (nSPS) is 10.8. The summed E-state index contributed by atoms with van der Waals surface area (Å²) in [6, 6.07) is 7.42. The van der Waals surface area contributed by atoms with E-state index in [1.807, 2.05) is 38.1 Å². The summed E-state index contributed by atoms with van der Waals surface area (Å²) in [5.74, 6) is 0.0360. The van der Waals surface area contributed by atoms with E-state index in [0.29, 0.717) is 10.8 Å². The molecule has 2 aromatic rings. The fourth-order valence-electron chi connectivity index (χ4n) is 1.88. The summed E-state index contributed by atoms with van der Waals surface area (Å²) in [6.45, 7) is 4.02. The largest absolute Gasteiger partial charge is 0.399 e. The van der Waals surface area contributed by atoms with Crippen LogP contribution in [0, 0.1) is 5.92 Å². The molecule has 0 aliphatic rings. The first kappa shape index (κ1) is 14.5. The van der Waals surface area contributed by atoms with Crippen molar-refractivity contribution in [3.8, 4) is 10.6 Å². The van der Waals surface area contributed by atoms with E-state index in [-0.39, 0.29) is 11.8 Å². The second kappa shape index (κ2) is 6.47. The van der Waals surface area contributed by atoms with Gasteiger partial charge in [0, 0.05) is 17.2 Å². The second-order valence-corrected chi connectivity index (χ2v) is 5.51. The molecule has 0 unspecified atom stereocenters. The average Bonchev–Trinajstić information content (AvgIpc) is 2.89. The molecule has 0 radical (unpaired) electrons. The van der Waals surface area contributed by atoms with Crippen LogP contribution < -0.4 is 11.1 Å². The third-order valence-electron chi connectivity index (χ3n) is 3.17. The van der Waals surface area contributed by atoms with Gasteiger partial charge in [0.05, 0.1) is 0 Å². The molecule has 2 rings (SSSR count). The van der Waals surface area contributed by atoms with Crippen LogP contribution in [0.1, 0.15) is 26.7 Å². The van der Waals surface area contributed by atoms with Gasteiger partial charge >= 0.3 is 0 Å². The molecule has 1 aromatic carbocycles. The Labute approximate surface area is 122 Å². The van der Waals surface area contributed by atoms with Gasteiger partial charge in [0.15, 0.2) is 0 Å². The Hall–Kier alpha value is -1.95. The molecule has 1 amide bonds. The number of nitrogens with two attached hydrogens (primary N) is 1. The Bertz CT molecular complexity index is 575. The number of hydrogen-bond donors (Lipinski definition) is 2. The lowest BCUT2D eigenvalue weighted by Gasteiger charge is -2.09. The van der Waals surface area contributed by atoms with Crippen molar-refractivity contribution in [2.75, 3.05) is 11.1 Å². The fraction of sp³-hybridized carbons (Fsp3) is 0.357. The molecule has 0 aliphatic carbocycles. The molecule has 0 saturated carbocycles. The molecule has 0 fully saturated rings. The van der Waals surface area contributed by atoms with Crippen LogP contribution in [0.4, 0.5) is 10.8 Å². The number of nitrogens with one attached hydrogen (secondary N) is 1. The minimum Gasteiger partial charge on any atom is -0.399 e. The van der Waals surface area contributed by atoms with Crippen molar-refractivity contribution in [2.24, 2.45) is 5.92 Å². The summed E-state index contributed by atoms with van der Waals surface area (Å²) >= 11 is 1.36. The Kier molecular flexibility index (Phi) is 4.68. The summed E-state index contributed by atoms with van der Waals surface area (Å²) in [6.07, 6.45) is 1.65. The highest BCUT2D eigenvalue weighted by Gasteiger charge is 2.16. The lowest BCUT2D eigenvalue weighted by Crippen LogP contribution is -2.21. The maximum absolute atomic E-state index is 12.0. The highest BCUT2D eigenvalue weighted by Crippen LogP contribution is 2.27. The highest BCUT2D eigenvalue weighted by atomic mass is 32.1. The second-order valence-electron chi connectivity index (χ2n) is 4.54. The Morgan fingerprint density at radius 2 is 1.90 bits per heavy atom. The molecule has 6 heteroatoms. The number of carbonyl (C=O) groups excluding carboxylic acids is 1. The van der Waals surface area contributed by atoms with Gasteiger partial charge in [-0.15, -0.1) is 10.2 Å². The first-order valence-electron chi connectivity index (χ1n) is 6.64. The van der Waals surface area contributed by atoms with Gasteiger partial charge in [0.1, 0.15) is 5.01 Å². The fourth-order valence-corrected chi connectivity index (χ4v) is 2.64. The maximum Gasteiger partial charge on any atom is 0.229 e. The number of nitrogens with zero attached hydrogens (tertiary/aromatic N) is 2. The topological polar surface area (TPSA) is 80.9 Å². The lowest BCUT2D eigenvalue weighted by molar-refractivity contribution is -0.120. The predicted molar refractivity (Wildman–Crippen MR) is 82.5 cm³/mol. The first-order chi connectivity index (χ1) is 9.63. The van der Waals surface area contributed by atoms with E-state index in [4.69, 9.17) is 5.73 Å². The summed E-state index contributed by atoms with van der Waals surface area (Å²) < 4.78 is 0. The monoisotopic (exact) mass is 290 g/mol. The summed E-state index contributed by atoms with van der Waals surface area (Å²) in [5, 5.41) is 12.2. The molecule has 0 spiro atoms. The predicted octanol–water partition coefficient (Wildman–Crippen LogP) is 3.16. The molecule has 5 nitrogen and oxygen atoms in total. The van der Waals surface area contributed by atoms with Crippen LogP contribution >= 0.6 is 11.3 Å². The third kappa shape index (κ3) is 3.33. The zero-order chi connectivity index (χ0) is 14.5. The van der Waals surface area contributed by atoms with Gasteiger partial charge in [-0.1, -0.05) is 25.2 Å². The van der Waals surface area contributed by atoms with Crippen LogP contribution in [0.3, 0.4) is 0 Å². The molecule has 0 bridgehead atoms. The highest BCUT2D eigenvalue weighted by molar-refractivity contribution is 7.18. The van der Waals surface area contributed by atoms with E-state index in [2.05, 4.69) is 15.5 Å². The Morgan fingerprint density at radius 1 is 1.25 bits per heavy atom. The summed E-state index contributed by atoms with van der Waals surface area (Å²) in [7, 11) is 0. The number of benzene rings is 1. The van der Waals surface area contributed by atoms with Gasteiger partial charge in [-0.25, -0.2) is 0 Å². The summed E-state index contributed by atoms with van der Waals surface area (Å²) in [4.78, 5) is 12.0. The van der Waals surface area contributed by atoms with Gasteiger partial charge in [0.25, 0.3) is 0 Å². The number of carbonyl (C=O) groups is 1. The number of anilines is 2. The van der Waals surface area contributed by atoms with Crippen molar-refractivity contribution in [3.63, 3.8) is 0 Å². The molecule has 0 aliphatic heterocycles. The van der Waals surface area contributed by atoms with Gasteiger partial charge < -0.3 is 11.1 Å². The summed E-state index contributed by atoms with van der Waals surface area (Å²) in [5.41, 5.74) is 7.30. The molecule has 1 heterocycles. The van der Waals surface area contributed by atoms with Crippen molar-refractivity contribution in [3.05, 3.63) is 24.3 Å². The van der Waals surface area contributed by atoms with E-state index in [9.17, 15) is 4.79 Å². The van der Waals surface area contributed by atoms with E-state index < -0.39 is 0 Å². The van der Waals surface area contributed by atoms with Crippen molar-refractivity contribution in [1.82, 2.24) is 10.2 Å². The molecule has 1 aromatic heterocycles. The van der Waals surface area contributed by atoms with E-state index in [1.54, 1.807) is 0 Å². The standard InChI is InChI=1S/C14H18N4OS/c1-3-9(4-2)12(19)16-14-18-17-13(20-14)10-5-7-11(15)8-6-10/h5-9H,3-4,15H2,1-2H3,(H,16,18,19). The molecule has 0 saturated heterocycles. The van der Waals surface area contributed by atoms with Gasteiger partial charge in [-0.2, -0.15) is 0 Å². The van der Waals surface area contributed by atoms with Crippen LogP contribution in [0.15, 0.2) is 24.3 Å². The zero-order valence-corrected chi connectivity index (χ0v) is 12.4. The third-order valence-corrected chi connectivity index (χ3v) is 4.06. The number of nitrogen functional groups attached to an aromatic ring is 1. The SMILES string of the molecule is CCC(CC)C(=O)Nc1nnc(-c2ccc(N)cc2)s1. The molecule has 20 heavy (non-hydrogen) atoms. The quantitative estimate of drug-likeness (QED) is 0.829. The smallest absolute Gasteiger partial charge is 0.229 e. The number of rotatable bonds is 5. The van der Waals surface area contributed by atoms with Crippen molar-refractivity contribution in [1.29, 1.82) is 0 Å². The number of hydrogen-bond acceptors (Lipinski definition) is 5. The minimum atomic E-state index is 0.00926. The van der Waals surface area contributed by atoms with Crippen molar-refractivity contribution < 1.29 is 4.79 Å². The number of aromatic nitrogens is 2. The maximum atomic E-state index is 12.0. The van der Waals surface area contributed by atoms with Crippen LogP contribution in [0.5, 0.6) is 0 Å². The van der Waals surface area contributed by atoms with Gasteiger partial charge in [0.2, 0.25) is 11.0 Å². The average molecular weight is 290 g/mol. The van der Waals surface area contributed by atoms with Crippen LogP contribution in [-0.2, 0) is 4.79 Å². The van der Waals surface area contributed by atoms with Crippen LogP contribution in [-0.4, -0.2) is 16.1 Å². The van der Waals surface area contributed by atoms with Crippen molar-refractivity contribution >= 4 is 28.1 Å². The van der Waals surface area contributed by atoms with Crippen LogP contribution in [0.2, 0.25) is 0 Å². The van der Waals surface area contributed by atoms with E-state index in [1.165, 1.54) is 11.3 Å². The lowest BCUT2D eigenvalue weighted by atomic mass is 10.0. The molecular formula is C14H18N4OS. The molecule has 106 valence electrons. The van der Waals surface area contributed by atoms with E-state index in [0.717, 1.165) is 23.4 Å². The zero-order valence-electron chi connectivity index (χ0n) is 11.6. The number of amides is 1. The molecular weight excluding hydrogens is 272 g/mol. The van der Waals surface area contributed by atoms with Gasteiger partial charge in [-0.05, 0) is 37.1 Å². The van der Waals surface area contributed by atoms with Crippen LogP contribution in [0.25, 0.3) is 10.6 Å².